The Morgan fingerprint density at radius 3 is 2.43 bits per heavy atom. The van der Waals surface area contributed by atoms with Crippen molar-refractivity contribution in [2.24, 2.45) is 11.1 Å². The van der Waals surface area contributed by atoms with E-state index >= 15 is 0 Å². The minimum absolute atomic E-state index is 0.207. The van der Waals surface area contributed by atoms with Gasteiger partial charge in [-0.3, -0.25) is 4.90 Å². The number of thioether (sulfide) groups is 1. The van der Waals surface area contributed by atoms with E-state index in [0.29, 0.717) is 11.1 Å². The molecule has 2 fully saturated rings. The number of nitrogens with two attached hydrogens (primary N) is 2. The third kappa shape index (κ3) is 8.88. The molecule has 1 saturated heterocycles. The molecule has 1 aliphatic carbocycles. The number of nitrogen functional groups attached to an aromatic ring is 1. The molecule has 7 heteroatoms. The first-order chi connectivity index (χ1) is 21.2. The van der Waals surface area contributed by atoms with Gasteiger partial charge in [-0.2, -0.15) is 0 Å². The number of benzene rings is 2. The third-order valence-electron chi connectivity index (χ3n) is 9.12. The zero-order chi connectivity index (χ0) is 31.7. The van der Waals surface area contributed by atoms with Crippen LogP contribution in [0, 0.1) is 31.6 Å². The lowest BCUT2D eigenvalue weighted by molar-refractivity contribution is 0.185. The van der Waals surface area contributed by atoms with Crippen molar-refractivity contribution in [3.8, 4) is 23.6 Å². The van der Waals surface area contributed by atoms with Gasteiger partial charge in [0.1, 0.15) is 5.69 Å². The minimum Gasteiger partial charge on any atom is -0.370 e. The predicted octanol–water partition coefficient (Wildman–Crippen LogP) is 7.36. The molecule has 2 heterocycles. The molecule has 5 rings (SSSR count). The predicted molar refractivity (Wildman–Crippen MR) is 188 cm³/mol. The Morgan fingerprint density at radius 2 is 1.77 bits per heavy atom. The van der Waals surface area contributed by atoms with Gasteiger partial charge in [-0.25, -0.2) is 9.97 Å². The lowest BCUT2D eigenvalue weighted by Gasteiger charge is -2.29. The Balaban J connectivity index is 0.000000223. The normalized spacial score (nSPS) is 16.7. The summed E-state index contributed by atoms with van der Waals surface area (Å²) >= 11 is 1.79. The summed E-state index contributed by atoms with van der Waals surface area (Å²) in [6.07, 6.45) is 16.9. The fraction of sp³-hybridized carbons (Fsp3) is 0.459. The van der Waals surface area contributed by atoms with Gasteiger partial charge in [-0.15, -0.1) is 18.2 Å². The fourth-order valence-corrected chi connectivity index (χ4v) is 6.84. The van der Waals surface area contributed by atoms with Crippen LogP contribution in [0.25, 0.3) is 17.0 Å². The molecule has 1 saturated carbocycles. The molecule has 6 nitrogen and oxygen atoms in total. The van der Waals surface area contributed by atoms with Crippen molar-refractivity contribution in [3.05, 3.63) is 77.5 Å². The largest absolute Gasteiger partial charge is 0.370 e. The molecular formula is C37H50N6S. The highest BCUT2D eigenvalue weighted by Gasteiger charge is 2.41. The van der Waals surface area contributed by atoms with Crippen LogP contribution in [0.1, 0.15) is 74.3 Å². The van der Waals surface area contributed by atoms with Crippen LogP contribution in [-0.4, -0.2) is 58.4 Å². The summed E-state index contributed by atoms with van der Waals surface area (Å²) in [5, 5.41) is 0. The first kappa shape index (κ1) is 33.6. The second-order valence-corrected chi connectivity index (χ2v) is 13.2. The topological polar surface area (TPSA) is 84.3 Å². The van der Waals surface area contributed by atoms with Gasteiger partial charge in [0.05, 0.1) is 11.9 Å². The summed E-state index contributed by atoms with van der Waals surface area (Å²) in [6.45, 7) is 15.0. The van der Waals surface area contributed by atoms with Gasteiger partial charge >= 0.3 is 0 Å². The average molecular weight is 611 g/mol. The highest BCUT2D eigenvalue weighted by atomic mass is 32.2. The molecule has 0 amide bonds. The van der Waals surface area contributed by atoms with Crippen molar-refractivity contribution in [1.82, 2.24) is 19.8 Å². The van der Waals surface area contributed by atoms with E-state index in [4.69, 9.17) is 17.9 Å². The smallest absolute Gasteiger partial charge is 0.221 e. The summed E-state index contributed by atoms with van der Waals surface area (Å²) in [5.41, 5.74) is 20.0. The van der Waals surface area contributed by atoms with Gasteiger partial charge in [0, 0.05) is 42.3 Å². The SMILES string of the molecule is C#Cc1cc(-c2c(C)cccc2C)nc(N)n1.C=C(c1cccc(SC)c1)N1CCCN(C(N)CCC2(CCC)CC2)CC1. The van der Waals surface area contributed by atoms with E-state index < -0.39 is 0 Å². The molecule has 1 unspecified atom stereocenters. The summed E-state index contributed by atoms with van der Waals surface area (Å²) < 4.78 is 0. The van der Waals surface area contributed by atoms with Gasteiger partial charge in [-0.05, 0) is 98.9 Å². The van der Waals surface area contributed by atoms with E-state index in [0.717, 1.165) is 67.1 Å². The maximum Gasteiger partial charge on any atom is 0.221 e. The Hall–Kier alpha value is -3.31. The Morgan fingerprint density at radius 1 is 1.05 bits per heavy atom. The van der Waals surface area contributed by atoms with E-state index in [1.807, 2.05) is 32.0 Å². The number of nitrogens with zero attached hydrogens (tertiary/aromatic N) is 4. The molecule has 0 bridgehead atoms. The van der Waals surface area contributed by atoms with Gasteiger partial charge in [-0.1, -0.05) is 56.2 Å². The molecule has 234 valence electrons. The van der Waals surface area contributed by atoms with Crippen molar-refractivity contribution in [2.45, 2.75) is 76.8 Å². The molecular weight excluding hydrogens is 561 g/mol. The van der Waals surface area contributed by atoms with Crippen LogP contribution in [0.5, 0.6) is 0 Å². The Kier molecular flexibility index (Phi) is 11.9. The van der Waals surface area contributed by atoms with Crippen LogP contribution in [0.4, 0.5) is 5.95 Å². The van der Waals surface area contributed by atoms with E-state index in [1.165, 1.54) is 42.6 Å². The Labute approximate surface area is 269 Å². The average Bonchev–Trinajstić information content (AvgIpc) is 3.83. The molecule has 1 atom stereocenters. The maximum atomic E-state index is 6.60. The van der Waals surface area contributed by atoms with E-state index in [2.05, 4.69) is 69.7 Å². The van der Waals surface area contributed by atoms with Crippen molar-refractivity contribution < 1.29 is 0 Å². The van der Waals surface area contributed by atoms with Crippen molar-refractivity contribution in [3.63, 3.8) is 0 Å². The van der Waals surface area contributed by atoms with E-state index in [-0.39, 0.29) is 12.1 Å². The summed E-state index contributed by atoms with van der Waals surface area (Å²) in [4.78, 5) is 14.5. The number of hydrogen-bond acceptors (Lipinski definition) is 7. The zero-order valence-electron chi connectivity index (χ0n) is 27.1. The van der Waals surface area contributed by atoms with Gasteiger partial charge < -0.3 is 16.4 Å². The van der Waals surface area contributed by atoms with Crippen LogP contribution in [-0.2, 0) is 0 Å². The van der Waals surface area contributed by atoms with Crippen LogP contribution in [0.3, 0.4) is 0 Å². The molecule has 1 aromatic heterocycles. The number of hydrogen-bond donors (Lipinski definition) is 2. The molecule has 4 N–H and O–H groups in total. The maximum absolute atomic E-state index is 6.60. The summed E-state index contributed by atoms with van der Waals surface area (Å²) in [5.74, 6) is 2.69. The van der Waals surface area contributed by atoms with Gasteiger partial charge in [0.15, 0.2) is 0 Å². The van der Waals surface area contributed by atoms with Gasteiger partial charge in [0.25, 0.3) is 0 Å². The van der Waals surface area contributed by atoms with Crippen molar-refractivity contribution in [2.75, 3.05) is 38.2 Å². The summed E-state index contributed by atoms with van der Waals surface area (Å²) in [6, 6.07) is 16.6. The number of terminal acetylenes is 1. The first-order valence-electron chi connectivity index (χ1n) is 15.9. The van der Waals surface area contributed by atoms with Crippen LogP contribution in [0.15, 0.2) is 60.0 Å². The summed E-state index contributed by atoms with van der Waals surface area (Å²) in [7, 11) is 0. The second-order valence-electron chi connectivity index (χ2n) is 12.3. The molecule has 0 spiro atoms. The molecule has 0 radical (unpaired) electrons. The zero-order valence-corrected chi connectivity index (χ0v) is 27.9. The molecule has 1 aliphatic heterocycles. The number of anilines is 1. The molecule has 2 aliphatic rings. The highest BCUT2D eigenvalue weighted by molar-refractivity contribution is 7.98. The van der Waals surface area contributed by atoms with Crippen LogP contribution >= 0.6 is 11.8 Å². The monoisotopic (exact) mass is 610 g/mol. The second kappa shape index (κ2) is 15.6. The number of aryl methyl sites for hydroxylation is 2. The first-order valence-corrected chi connectivity index (χ1v) is 17.2. The van der Waals surface area contributed by atoms with E-state index in [9.17, 15) is 0 Å². The quantitative estimate of drug-likeness (QED) is 0.183. The minimum atomic E-state index is 0.207. The van der Waals surface area contributed by atoms with Crippen LogP contribution < -0.4 is 11.5 Å². The number of rotatable bonds is 10. The molecule has 2 aromatic carbocycles. The lowest BCUT2D eigenvalue weighted by atomic mass is 9.94. The standard InChI is InChI=1S/C23H37N3S.C14H13N3/c1-4-10-23(12-13-23)11-9-22(24)26-15-6-14-25(16-17-26)19(2)20-7-5-8-21(18-20)27-3;1-4-11-8-12(17-14(15)16-11)13-9(2)6-5-7-10(13)3/h5,7-8,18,22H,2,4,6,9-17,24H2,1,3H3;1,5-8H,2-3H3,(H2,15,16,17). The highest BCUT2D eigenvalue weighted by Crippen LogP contribution is 2.53. The third-order valence-corrected chi connectivity index (χ3v) is 9.85. The van der Waals surface area contributed by atoms with Crippen molar-refractivity contribution in [1.29, 1.82) is 0 Å². The molecule has 44 heavy (non-hydrogen) atoms. The molecule has 3 aromatic rings. The van der Waals surface area contributed by atoms with E-state index in [1.54, 1.807) is 17.8 Å². The fourth-order valence-electron chi connectivity index (χ4n) is 6.38. The van der Waals surface area contributed by atoms with Crippen molar-refractivity contribution >= 4 is 23.4 Å². The van der Waals surface area contributed by atoms with Crippen LogP contribution in [0.2, 0.25) is 0 Å². The Bertz CT molecular complexity index is 1440. The lowest BCUT2D eigenvalue weighted by Crippen LogP contribution is -2.44. The number of aromatic nitrogens is 2. The van der Waals surface area contributed by atoms with Gasteiger partial charge in [0.2, 0.25) is 5.95 Å².